The summed E-state index contributed by atoms with van der Waals surface area (Å²) in [6, 6.07) is 2.05. The molecule has 0 fully saturated rings. The molecule has 3 heteroatoms. The summed E-state index contributed by atoms with van der Waals surface area (Å²) in [7, 11) is -1.88. The van der Waals surface area contributed by atoms with Gasteiger partial charge in [-0.25, -0.2) is 0 Å². The lowest BCUT2D eigenvalue weighted by Gasteiger charge is -2.41. The predicted octanol–water partition coefficient (Wildman–Crippen LogP) is 5.45. The van der Waals surface area contributed by atoms with Crippen LogP contribution in [0, 0.1) is 13.8 Å². The molecule has 0 aliphatic heterocycles. The lowest BCUT2D eigenvalue weighted by molar-refractivity contribution is 0.347. The van der Waals surface area contributed by atoms with Crippen LogP contribution < -0.4 is 4.43 Å². The van der Waals surface area contributed by atoms with Crippen LogP contribution in [0.25, 0.3) is 0 Å². The first-order chi connectivity index (χ1) is 8.21. The van der Waals surface area contributed by atoms with Gasteiger partial charge in [0.05, 0.1) is 0 Å². The molecule has 0 saturated carbocycles. The summed E-state index contributed by atoms with van der Waals surface area (Å²) in [4.78, 5) is 0. The van der Waals surface area contributed by atoms with E-state index in [4.69, 9.17) is 8.84 Å². The van der Waals surface area contributed by atoms with Crippen molar-refractivity contribution in [2.45, 2.75) is 72.0 Å². The average molecular weight is 268 g/mol. The Morgan fingerprint density at radius 1 is 0.944 bits per heavy atom. The highest BCUT2D eigenvalue weighted by Gasteiger charge is 2.47. The van der Waals surface area contributed by atoms with Gasteiger partial charge < -0.3 is 8.84 Å². The Bertz CT molecular complexity index is 369. The Morgan fingerprint density at radius 3 is 1.67 bits per heavy atom. The first-order valence-electron chi connectivity index (χ1n) is 6.97. The molecule has 104 valence electrons. The van der Waals surface area contributed by atoms with Crippen LogP contribution >= 0.6 is 0 Å². The van der Waals surface area contributed by atoms with Gasteiger partial charge in [0.15, 0.2) is 0 Å². The maximum atomic E-state index is 6.51. The minimum absolute atomic E-state index is 0.572. The topological polar surface area (TPSA) is 22.4 Å². The van der Waals surface area contributed by atoms with Gasteiger partial charge in [-0.3, -0.25) is 0 Å². The van der Waals surface area contributed by atoms with Gasteiger partial charge in [0, 0.05) is 5.56 Å². The van der Waals surface area contributed by atoms with Crippen molar-refractivity contribution >= 4 is 8.32 Å². The molecule has 1 rings (SSSR count). The van der Waals surface area contributed by atoms with E-state index < -0.39 is 8.32 Å². The van der Waals surface area contributed by atoms with E-state index in [0.717, 1.165) is 17.3 Å². The number of aryl methyl sites for hydroxylation is 2. The molecular weight excluding hydrogens is 240 g/mol. The normalized spacial score (nSPS) is 12.8. The molecule has 0 aliphatic rings. The van der Waals surface area contributed by atoms with Crippen molar-refractivity contribution in [1.82, 2.24) is 0 Å². The van der Waals surface area contributed by atoms with E-state index in [0.29, 0.717) is 16.6 Å². The SMILES string of the molecule is Cc1cc(C)c(O[Si](C(C)C)(C(C)C)C(C)C)o1. The van der Waals surface area contributed by atoms with Crippen LogP contribution in [0.15, 0.2) is 10.5 Å². The lowest BCUT2D eigenvalue weighted by atomic mass is 10.3. The fourth-order valence-corrected chi connectivity index (χ4v) is 8.47. The molecule has 1 aromatic heterocycles. The first kappa shape index (κ1) is 15.4. The predicted molar refractivity (Wildman–Crippen MR) is 79.9 cm³/mol. The molecule has 1 heterocycles. The number of furan rings is 1. The fourth-order valence-electron chi connectivity index (χ4n) is 3.24. The zero-order valence-electron chi connectivity index (χ0n) is 13.1. The highest BCUT2D eigenvalue weighted by molar-refractivity contribution is 6.78. The molecule has 0 bridgehead atoms. The van der Waals surface area contributed by atoms with Crippen LogP contribution in [-0.4, -0.2) is 8.32 Å². The summed E-state index contributed by atoms with van der Waals surface area (Å²) in [5, 5.41) is 0. The lowest BCUT2D eigenvalue weighted by Crippen LogP contribution is -2.50. The molecule has 0 N–H and O–H groups in total. The fraction of sp³-hybridized carbons (Fsp3) is 0.733. The zero-order chi connectivity index (χ0) is 14.1. The molecule has 0 spiro atoms. The Balaban J connectivity index is 3.16. The standard InChI is InChI=1S/C15H28O2Si/c1-10(2)18(11(3)4,12(5)6)17-15-13(7)9-14(8)16-15/h9-12H,1-8H3. The van der Waals surface area contributed by atoms with E-state index in [-0.39, 0.29) is 0 Å². The smallest absolute Gasteiger partial charge is 0.273 e. The summed E-state index contributed by atoms with van der Waals surface area (Å²) < 4.78 is 12.2. The Morgan fingerprint density at radius 2 is 1.39 bits per heavy atom. The molecule has 0 amide bonds. The molecule has 0 saturated heterocycles. The highest BCUT2D eigenvalue weighted by Crippen LogP contribution is 2.43. The summed E-state index contributed by atoms with van der Waals surface area (Å²) in [5.41, 5.74) is 2.83. The van der Waals surface area contributed by atoms with Gasteiger partial charge in [-0.15, -0.1) is 0 Å². The van der Waals surface area contributed by atoms with Crippen molar-refractivity contribution < 1.29 is 8.84 Å². The molecule has 0 unspecified atom stereocenters. The average Bonchev–Trinajstić information content (AvgIpc) is 2.51. The van der Waals surface area contributed by atoms with E-state index in [1.54, 1.807) is 0 Å². The molecular formula is C15H28O2Si. The maximum absolute atomic E-state index is 6.51. The maximum Gasteiger partial charge on any atom is 0.273 e. The largest absolute Gasteiger partial charge is 0.518 e. The van der Waals surface area contributed by atoms with Crippen LogP contribution in [0.5, 0.6) is 5.95 Å². The zero-order valence-corrected chi connectivity index (χ0v) is 14.1. The second-order valence-electron chi connectivity index (χ2n) is 6.25. The Kier molecular flexibility index (Phi) is 4.70. The van der Waals surface area contributed by atoms with E-state index in [1.165, 1.54) is 0 Å². The van der Waals surface area contributed by atoms with Gasteiger partial charge in [0.1, 0.15) is 5.76 Å². The summed E-state index contributed by atoms with van der Waals surface area (Å²) >= 11 is 0. The molecule has 0 aromatic carbocycles. The van der Waals surface area contributed by atoms with Crippen LogP contribution in [0.4, 0.5) is 0 Å². The van der Waals surface area contributed by atoms with Crippen LogP contribution in [0.2, 0.25) is 16.6 Å². The Hall–Kier alpha value is -0.703. The highest BCUT2D eigenvalue weighted by atomic mass is 28.4. The van der Waals surface area contributed by atoms with E-state index in [2.05, 4.69) is 54.5 Å². The van der Waals surface area contributed by atoms with Gasteiger partial charge in [-0.05, 0) is 36.5 Å². The van der Waals surface area contributed by atoms with Crippen molar-refractivity contribution in [1.29, 1.82) is 0 Å². The third-order valence-electron chi connectivity index (χ3n) is 3.97. The molecule has 0 atom stereocenters. The van der Waals surface area contributed by atoms with E-state index >= 15 is 0 Å². The number of hydrogen-bond acceptors (Lipinski definition) is 2. The molecule has 0 radical (unpaired) electrons. The second kappa shape index (κ2) is 5.51. The van der Waals surface area contributed by atoms with Crippen LogP contribution in [0.3, 0.4) is 0 Å². The van der Waals surface area contributed by atoms with Crippen molar-refractivity contribution in [3.8, 4) is 5.95 Å². The van der Waals surface area contributed by atoms with Crippen LogP contribution in [0.1, 0.15) is 52.9 Å². The van der Waals surface area contributed by atoms with Gasteiger partial charge in [-0.2, -0.15) is 0 Å². The van der Waals surface area contributed by atoms with Gasteiger partial charge in [0.2, 0.25) is 0 Å². The van der Waals surface area contributed by atoms with E-state index in [9.17, 15) is 0 Å². The van der Waals surface area contributed by atoms with E-state index in [1.807, 2.05) is 6.92 Å². The number of hydrogen-bond donors (Lipinski definition) is 0. The monoisotopic (exact) mass is 268 g/mol. The van der Waals surface area contributed by atoms with Crippen molar-refractivity contribution in [2.75, 3.05) is 0 Å². The molecule has 18 heavy (non-hydrogen) atoms. The molecule has 0 aliphatic carbocycles. The summed E-state index contributed by atoms with van der Waals surface area (Å²) in [6.45, 7) is 17.8. The van der Waals surface area contributed by atoms with Crippen LogP contribution in [-0.2, 0) is 0 Å². The second-order valence-corrected chi connectivity index (χ2v) is 11.6. The van der Waals surface area contributed by atoms with Gasteiger partial charge in [0.25, 0.3) is 14.3 Å². The summed E-state index contributed by atoms with van der Waals surface area (Å²) in [6.07, 6.45) is 0. The van der Waals surface area contributed by atoms with Gasteiger partial charge in [-0.1, -0.05) is 41.5 Å². The van der Waals surface area contributed by atoms with Crippen molar-refractivity contribution in [2.24, 2.45) is 0 Å². The first-order valence-corrected chi connectivity index (χ1v) is 9.11. The molecule has 1 aromatic rings. The van der Waals surface area contributed by atoms with Crippen molar-refractivity contribution in [3.63, 3.8) is 0 Å². The third kappa shape index (κ3) is 2.66. The number of rotatable bonds is 5. The molecule has 2 nitrogen and oxygen atoms in total. The quantitative estimate of drug-likeness (QED) is 0.662. The summed E-state index contributed by atoms with van der Waals surface area (Å²) in [5.74, 6) is 1.68. The minimum Gasteiger partial charge on any atom is -0.518 e. The minimum atomic E-state index is -1.88. The third-order valence-corrected chi connectivity index (χ3v) is 9.93. The van der Waals surface area contributed by atoms with Gasteiger partial charge >= 0.3 is 0 Å². The van der Waals surface area contributed by atoms with Crippen molar-refractivity contribution in [3.05, 3.63) is 17.4 Å². The Labute approximate surface area is 113 Å².